The summed E-state index contributed by atoms with van der Waals surface area (Å²) in [5.74, 6) is 0.176. The van der Waals surface area contributed by atoms with Gasteiger partial charge < -0.3 is 16.0 Å². The van der Waals surface area contributed by atoms with E-state index in [2.05, 4.69) is 12.2 Å². The number of carbonyl (C=O) groups is 2. The van der Waals surface area contributed by atoms with Crippen molar-refractivity contribution in [1.82, 2.24) is 10.2 Å². The lowest BCUT2D eigenvalue weighted by atomic mass is 9.95. The first kappa shape index (κ1) is 15.0. The van der Waals surface area contributed by atoms with E-state index in [9.17, 15) is 9.59 Å². The number of nitrogens with two attached hydrogens (primary N) is 1. The Balaban J connectivity index is 2.30. The quantitative estimate of drug-likeness (QED) is 0.702. The van der Waals surface area contributed by atoms with Gasteiger partial charge in [0.05, 0.1) is 6.04 Å². The van der Waals surface area contributed by atoms with Gasteiger partial charge in [-0.3, -0.25) is 9.59 Å². The lowest BCUT2D eigenvalue weighted by molar-refractivity contribution is -0.136. The van der Waals surface area contributed by atoms with Crippen molar-refractivity contribution in [3.63, 3.8) is 0 Å². The van der Waals surface area contributed by atoms with Gasteiger partial charge in [-0.15, -0.1) is 0 Å². The Bertz CT molecular complexity index is 284. The van der Waals surface area contributed by atoms with Crippen molar-refractivity contribution in [2.24, 2.45) is 11.7 Å². The van der Waals surface area contributed by atoms with E-state index in [0.717, 1.165) is 32.2 Å². The number of likely N-dealkylation sites (tertiary alicyclic amines) is 1. The molecule has 1 aliphatic rings. The van der Waals surface area contributed by atoms with Gasteiger partial charge in [0.2, 0.25) is 11.8 Å². The van der Waals surface area contributed by atoms with Crippen molar-refractivity contribution in [3.8, 4) is 0 Å². The fourth-order valence-corrected chi connectivity index (χ4v) is 2.18. The maximum atomic E-state index is 11.8. The second-order valence-electron chi connectivity index (χ2n) is 5.03. The second kappa shape index (κ2) is 7.36. The Hall–Kier alpha value is -1.10. The molecule has 0 aliphatic carbocycles. The molecular weight excluding hydrogens is 230 g/mol. The normalized spacial score (nSPS) is 18.5. The van der Waals surface area contributed by atoms with E-state index in [4.69, 9.17) is 5.73 Å². The molecule has 1 saturated heterocycles. The Labute approximate surface area is 109 Å². The molecule has 1 rings (SSSR count). The van der Waals surface area contributed by atoms with Gasteiger partial charge in [0.15, 0.2) is 0 Å². The summed E-state index contributed by atoms with van der Waals surface area (Å²) < 4.78 is 0. The number of nitrogens with zero attached hydrogens (tertiary/aromatic N) is 1. The van der Waals surface area contributed by atoms with Crippen molar-refractivity contribution in [2.45, 2.75) is 45.6 Å². The molecular formula is C13H25N3O2. The average molecular weight is 255 g/mol. The van der Waals surface area contributed by atoms with E-state index in [1.54, 1.807) is 11.8 Å². The molecule has 2 amide bonds. The third kappa shape index (κ3) is 4.29. The SMILES string of the molecule is CCCCNC(=O)C1CCN(C(=O)[C@H](C)N)CC1. The molecule has 18 heavy (non-hydrogen) atoms. The van der Waals surface area contributed by atoms with Crippen molar-refractivity contribution in [2.75, 3.05) is 19.6 Å². The Morgan fingerprint density at radius 1 is 1.39 bits per heavy atom. The van der Waals surface area contributed by atoms with Crippen LogP contribution in [-0.2, 0) is 9.59 Å². The summed E-state index contributed by atoms with van der Waals surface area (Å²) in [4.78, 5) is 25.3. The molecule has 0 spiro atoms. The van der Waals surface area contributed by atoms with Crippen molar-refractivity contribution in [1.29, 1.82) is 0 Å². The molecule has 5 heteroatoms. The molecule has 1 atom stereocenters. The summed E-state index contributed by atoms with van der Waals surface area (Å²) in [7, 11) is 0. The number of hydrogen-bond acceptors (Lipinski definition) is 3. The third-order valence-electron chi connectivity index (χ3n) is 3.40. The minimum Gasteiger partial charge on any atom is -0.356 e. The van der Waals surface area contributed by atoms with Gasteiger partial charge in [0, 0.05) is 25.6 Å². The van der Waals surface area contributed by atoms with Gasteiger partial charge >= 0.3 is 0 Å². The lowest BCUT2D eigenvalue weighted by Gasteiger charge is -2.32. The van der Waals surface area contributed by atoms with Crippen LogP contribution < -0.4 is 11.1 Å². The fourth-order valence-electron chi connectivity index (χ4n) is 2.18. The van der Waals surface area contributed by atoms with Gasteiger partial charge in [-0.25, -0.2) is 0 Å². The van der Waals surface area contributed by atoms with Crippen LogP contribution >= 0.6 is 0 Å². The first-order valence-corrected chi connectivity index (χ1v) is 6.88. The smallest absolute Gasteiger partial charge is 0.239 e. The van der Waals surface area contributed by atoms with Gasteiger partial charge in [-0.1, -0.05) is 13.3 Å². The summed E-state index contributed by atoms with van der Waals surface area (Å²) in [6.07, 6.45) is 3.60. The molecule has 0 saturated carbocycles. The number of rotatable bonds is 5. The summed E-state index contributed by atoms with van der Waals surface area (Å²) in [6.45, 7) is 5.85. The Morgan fingerprint density at radius 2 is 2.00 bits per heavy atom. The molecule has 0 aromatic carbocycles. The molecule has 0 aromatic heterocycles. The van der Waals surface area contributed by atoms with Crippen molar-refractivity contribution < 1.29 is 9.59 Å². The van der Waals surface area contributed by atoms with Crippen LogP contribution in [0.4, 0.5) is 0 Å². The van der Waals surface area contributed by atoms with E-state index in [-0.39, 0.29) is 17.7 Å². The third-order valence-corrected chi connectivity index (χ3v) is 3.40. The molecule has 1 aliphatic heterocycles. The van der Waals surface area contributed by atoms with Crippen LogP contribution in [0.3, 0.4) is 0 Å². The van der Waals surface area contributed by atoms with Crippen LogP contribution in [0.25, 0.3) is 0 Å². The van der Waals surface area contributed by atoms with Gasteiger partial charge in [0.1, 0.15) is 0 Å². The standard InChI is InChI=1S/C13H25N3O2/c1-3-4-7-15-12(17)11-5-8-16(9-6-11)13(18)10(2)14/h10-11H,3-9,14H2,1-2H3,(H,15,17)/t10-/m0/s1. The summed E-state index contributed by atoms with van der Waals surface area (Å²) in [5, 5.41) is 2.95. The summed E-state index contributed by atoms with van der Waals surface area (Å²) in [5.41, 5.74) is 5.57. The molecule has 1 heterocycles. The van der Waals surface area contributed by atoms with Crippen LogP contribution in [-0.4, -0.2) is 42.4 Å². The van der Waals surface area contributed by atoms with Gasteiger partial charge in [-0.05, 0) is 26.2 Å². The topological polar surface area (TPSA) is 75.4 Å². The Morgan fingerprint density at radius 3 is 2.50 bits per heavy atom. The van der Waals surface area contributed by atoms with E-state index in [1.807, 2.05) is 0 Å². The first-order valence-electron chi connectivity index (χ1n) is 6.88. The molecule has 3 N–H and O–H groups in total. The van der Waals surface area contributed by atoms with Gasteiger partial charge in [0.25, 0.3) is 0 Å². The largest absolute Gasteiger partial charge is 0.356 e. The number of unbranched alkanes of at least 4 members (excludes halogenated alkanes) is 1. The fraction of sp³-hybridized carbons (Fsp3) is 0.846. The molecule has 1 fully saturated rings. The summed E-state index contributed by atoms with van der Waals surface area (Å²) in [6, 6.07) is -0.445. The van der Waals surface area contributed by atoms with E-state index in [0.29, 0.717) is 13.1 Å². The van der Waals surface area contributed by atoms with E-state index >= 15 is 0 Å². The zero-order valence-corrected chi connectivity index (χ0v) is 11.4. The van der Waals surface area contributed by atoms with Crippen LogP contribution in [0, 0.1) is 5.92 Å². The number of carbonyl (C=O) groups excluding carboxylic acids is 2. The minimum absolute atomic E-state index is 0.0140. The highest BCUT2D eigenvalue weighted by molar-refractivity contribution is 5.82. The monoisotopic (exact) mass is 255 g/mol. The van der Waals surface area contributed by atoms with Crippen LogP contribution in [0.2, 0.25) is 0 Å². The molecule has 104 valence electrons. The first-order chi connectivity index (χ1) is 8.56. The highest BCUT2D eigenvalue weighted by Gasteiger charge is 2.27. The van der Waals surface area contributed by atoms with E-state index < -0.39 is 6.04 Å². The van der Waals surface area contributed by atoms with E-state index in [1.165, 1.54) is 0 Å². The van der Waals surface area contributed by atoms with Crippen LogP contribution in [0.1, 0.15) is 39.5 Å². The number of hydrogen-bond donors (Lipinski definition) is 2. The number of piperidine rings is 1. The van der Waals surface area contributed by atoms with Crippen LogP contribution in [0.15, 0.2) is 0 Å². The molecule has 0 radical (unpaired) electrons. The highest BCUT2D eigenvalue weighted by atomic mass is 16.2. The Kier molecular flexibility index (Phi) is 6.12. The van der Waals surface area contributed by atoms with Crippen molar-refractivity contribution >= 4 is 11.8 Å². The second-order valence-corrected chi connectivity index (χ2v) is 5.03. The predicted octanol–water partition coefficient (Wildman–Crippen LogP) is 0.489. The molecule has 0 bridgehead atoms. The zero-order valence-electron chi connectivity index (χ0n) is 11.4. The van der Waals surface area contributed by atoms with Crippen LogP contribution in [0.5, 0.6) is 0 Å². The summed E-state index contributed by atoms with van der Waals surface area (Å²) >= 11 is 0. The van der Waals surface area contributed by atoms with Crippen molar-refractivity contribution in [3.05, 3.63) is 0 Å². The minimum atomic E-state index is -0.445. The van der Waals surface area contributed by atoms with Gasteiger partial charge in [-0.2, -0.15) is 0 Å². The molecule has 5 nitrogen and oxygen atoms in total. The lowest BCUT2D eigenvalue weighted by Crippen LogP contribution is -2.48. The predicted molar refractivity (Wildman–Crippen MR) is 70.9 cm³/mol. The average Bonchev–Trinajstić information content (AvgIpc) is 2.38. The maximum absolute atomic E-state index is 11.8. The number of nitrogens with one attached hydrogen (secondary N) is 1. The molecule has 0 unspecified atom stereocenters. The highest BCUT2D eigenvalue weighted by Crippen LogP contribution is 2.17. The molecule has 0 aromatic rings. The zero-order chi connectivity index (χ0) is 13.5. The number of amides is 2. The maximum Gasteiger partial charge on any atom is 0.239 e.